The lowest BCUT2D eigenvalue weighted by Gasteiger charge is -2.23. The number of halogens is 1. The van der Waals surface area contributed by atoms with Crippen molar-refractivity contribution in [1.82, 2.24) is 4.98 Å². The summed E-state index contributed by atoms with van der Waals surface area (Å²) in [6.07, 6.45) is 1.78. The molecule has 0 aliphatic carbocycles. The molecule has 0 atom stereocenters. The maximum atomic E-state index is 13.6. The molecule has 0 saturated carbocycles. The van der Waals surface area contributed by atoms with Crippen molar-refractivity contribution >= 4 is 22.5 Å². The number of fused-ring (bicyclic) bond motifs is 1. The fourth-order valence-electron chi connectivity index (χ4n) is 2.74. The van der Waals surface area contributed by atoms with Crippen LogP contribution in [0.2, 0.25) is 0 Å². The fourth-order valence-corrected chi connectivity index (χ4v) is 2.74. The van der Waals surface area contributed by atoms with Crippen LogP contribution in [0.5, 0.6) is 0 Å². The number of aromatic amines is 1. The van der Waals surface area contributed by atoms with Crippen molar-refractivity contribution in [3.63, 3.8) is 0 Å². The Hall–Kier alpha value is -2.62. The number of aryl methyl sites for hydroxylation is 1. The second-order valence-corrected chi connectivity index (χ2v) is 6.34. The van der Waals surface area contributed by atoms with E-state index in [4.69, 9.17) is 0 Å². The molecule has 0 saturated heterocycles. The van der Waals surface area contributed by atoms with E-state index < -0.39 is 5.41 Å². The highest BCUT2D eigenvalue weighted by Gasteiger charge is 2.32. The van der Waals surface area contributed by atoms with Crippen LogP contribution >= 0.6 is 0 Å². The first kappa shape index (κ1) is 15.3. The monoisotopic (exact) mass is 310 g/mol. The van der Waals surface area contributed by atoms with Crippen LogP contribution in [0.3, 0.4) is 0 Å². The van der Waals surface area contributed by atoms with Gasteiger partial charge in [-0.3, -0.25) is 4.79 Å². The average Bonchev–Trinajstić information content (AvgIpc) is 2.90. The minimum absolute atomic E-state index is 0.131. The van der Waals surface area contributed by atoms with E-state index in [-0.39, 0.29) is 11.7 Å². The molecule has 0 spiro atoms. The SMILES string of the molecule is Cc1cccc(NC(=O)C(C)(C)c2c[nH]c3ccc(F)cc23)c1. The number of nitrogens with one attached hydrogen (secondary N) is 2. The van der Waals surface area contributed by atoms with Gasteiger partial charge in [0, 0.05) is 22.8 Å². The van der Waals surface area contributed by atoms with Crippen molar-refractivity contribution in [2.24, 2.45) is 0 Å². The maximum Gasteiger partial charge on any atom is 0.234 e. The first-order chi connectivity index (χ1) is 10.9. The molecule has 1 amide bonds. The van der Waals surface area contributed by atoms with Gasteiger partial charge in [0.25, 0.3) is 0 Å². The molecule has 0 bridgehead atoms. The highest BCUT2D eigenvalue weighted by atomic mass is 19.1. The number of aromatic nitrogens is 1. The van der Waals surface area contributed by atoms with Crippen molar-refractivity contribution in [3.8, 4) is 0 Å². The molecule has 1 aromatic heterocycles. The summed E-state index contributed by atoms with van der Waals surface area (Å²) in [4.78, 5) is 15.9. The number of hydrogen-bond donors (Lipinski definition) is 2. The van der Waals surface area contributed by atoms with E-state index in [0.717, 1.165) is 27.7 Å². The molecule has 1 heterocycles. The van der Waals surface area contributed by atoms with E-state index in [9.17, 15) is 9.18 Å². The number of amides is 1. The fraction of sp³-hybridized carbons (Fsp3) is 0.211. The lowest BCUT2D eigenvalue weighted by atomic mass is 9.83. The van der Waals surface area contributed by atoms with Crippen molar-refractivity contribution in [1.29, 1.82) is 0 Å². The van der Waals surface area contributed by atoms with Gasteiger partial charge in [0.2, 0.25) is 5.91 Å². The summed E-state index contributed by atoms with van der Waals surface area (Å²) in [7, 11) is 0. The van der Waals surface area contributed by atoms with Gasteiger partial charge in [0.15, 0.2) is 0 Å². The smallest absolute Gasteiger partial charge is 0.234 e. The van der Waals surface area contributed by atoms with Gasteiger partial charge >= 0.3 is 0 Å². The number of H-pyrrole nitrogens is 1. The number of rotatable bonds is 3. The minimum Gasteiger partial charge on any atom is -0.361 e. The molecule has 0 radical (unpaired) electrons. The van der Waals surface area contributed by atoms with E-state index in [1.165, 1.54) is 12.1 Å². The van der Waals surface area contributed by atoms with E-state index in [2.05, 4.69) is 10.3 Å². The van der Waals surface area contributed by atoms with Gasteiger partial charge in [-0.1, -0.05) is 12.1 Å². The molecule has 3 rings (SSSR count). The quantitative estimate of drug-likeness (QED) is 0.733. The summed E-state index contributed by atoms with van der Waals surface area (Å²) in [5.74, 6) is -0.443. The molecule has 0 aliphatic rings. The van der Waals surface area contributed by atoms with Crippen LogP contribution in [0.15, 0.2) is 48.7 Å². The summed E-state index contributed by atoms with van der Waals surface area (Å²) < 4.78 is 13.6. The normalized spacial score (nSPS) is 11.7. The van der Waals surface area contributed by atoms with Crippen LogP contribution in [-0.2, 0) is 10.2 Å². The molecule has 3 aromatic rings. The molecule has 0 aliphatic heterocycles. The Morgan fingerprint density at radius 2 is 1.96 bits per heavy atom. The number of benzene rings is 2. The molecule has 4 heteroatoms. The summed E-state index contributed by atoms with van der Waals surface area (Å²) in [5, 5.41) is 3.67. The van der Waals surface area contributed by atoms with Gasteiger partial charge in [-0.25, -0.2) is 4.39 Å². The third-order valence-electron chi connectivity index (χ3n) is 4.16. The van der Waals surface area contributed by atoms with Gasteiger partial charge in [0.1, 0.15) is 5.82 Å². The molecule has 118 valence electrons. The standard InChI is InChI=1S/C19H19FN2O/c1-12-5-4-6-14(9-12)22-18(23)19(2,3)16-11-21-17-8-7-13(20)10-15(16)17/h4-11,21H,1-3H3,(H,22,23). The van der Waals surface area contributed by atoms with E-state index in [0.29, 0.717) is 0 Å². The van der Waals surface area contributed by atoms with Crippen LogP contribution in [0.25, 0.3) is 10.9 Å². The Morgan fingerprint density at radius 1 is 1.17 bits per heavy atom. The topological polar surface area (TPSA) is 44.9 Å². The zero-order valence-corrected chi connectivity index (χ0v) is 13.4. The molecule has 0 unspecified atom stereocenters. The van der Waals surface area contributed by atoms with E-state index in [1.807, 2.05) is 45.0 Å². The summed E-state index contributed by atoms with van der Waals surface area (Å²) >= 11 is 0. The lowest BCUT2D eigenvalue weighted by Crippen LogP contribution is -2.34. The Morgan fingerprint density at radius 3 is 2.70 bits per heavy atom. The second-order valence-electron chi connectivity index (χ2n) is 6.34. The van der Waals surface area contributed by atoms with Crippen molar-refractivity contribution in [2.75, 3.05) is 5.32 Å². The zero-order valence-electron chi connectivity index (χ0n) is 13.4. The molecule has 0 fully saturated rings. The molecule has 2 N–H and O–H groups in total. The van der Waals surface area contributed by atoms with Crippen LogP contribution in [0, 0.1) is 12.7 Å². The van der Waals surface area contributed by atoms with Crippen LogP contribution in [0.4, 0.5) is 10.1 Å². The number of hydrogen-bond acceptors (Lipinski definition) is 1. The number of anilines is 1. The van der Waals surface area contributed by atoms with E-state index >= 15 is 0 Å². The number of carbonyl (C=O) groups is 1. The van der Waals surface area contributed by atoms with Gasteiger partial charge in [-0.2, -0.15) is 0 Å². The summed E-state index contributed by atoms with van der Waals surface area (Å²) in [6, 6.07) is 12.2. The third kappa shape index (κ3) is 2.84. The predicted octanol–water partition coefficient (Wildman–Crippen LogP) is 4.53. The Balaban J connectivity index is 1.96. The third-order valence-corrected chi connectivity index (χ3v) is 4.16. The minimum atomic E-state index is -0.796. The molecular formula is C19H19FN2O. The van der Waals surface area contributed by atoms with Crippen molar-refractivity contribution in [2.45, 2.75) is 26.2 Å². The van der Waals surface area contributed by atoms with Crippen LogP contribution < -0.4 is 5.32 Å². The largest absolute Gasteiger partial charge is 0.361 e. The highest BCUT2D eigenvalue weighted by molar-refractivity contribution is 6.01. The van der Waals surface area contributed by atoms with Crippen LogP contribution in [-0.4, -0.2) is 10.9 Å². The zero-order chi connectivity index (χ0) is 16.6. The predicted molar refractivity (Wildman–Crippen MR) is 91.1 cm³/mol. The summed E-state index contributed by atoms with van der Waals surface area (Å²) in [5.41, 5.74) is 2.63. The van der Waals surface area contributed by atoms with Crippen molar-refractivity contribution in [3.05, 3.63) is 65.6 Å². The Bertz CT molecular complexity index is 880. The molecular weight excluding hydrogens is 291 g/mol. The highest BCUT2D eigenvalue weighted by Crippen LogP contribution is 2.32. The maximum absolute atomic E-state index is 13.6. The number of carbonyl (C=O) groups excluding carboxylic acids is 1. The average molecular weight is 310 g/mol. The van der Waals surface area contributed by atoms with E-state index in [1.54, 1.807) is 12.3 Å². The van der Waals surface area contributed by atoms with Gasteiger partial charge < -0.3 is 10.3 Å². The molecule has 3 nitrogen and oxygen atoms in total. The van der Waals surface area contributed by atoms with Crippen molar-refractivity contribution < 1.29 is 9.18 Å². The summed E-state index contributed by atoms with van der Waals surface area (Å²) in [6.45, 7) is 5.65. The first-order valence-electron chi connectivity index (χ1n) is 7.53. The molecule has 23 heavy (non-hydrogen) atoms. The molecule has 2 aromatic carbocycles. The van der Waals surface area contributed by atoms with Gasteiger partial charge in [-0.05, 0) is 62.2 Å². The van der Waals surface area contributed by atoms with Gasteiger partial charge in [0.05, 0.1) is 5.41 Å². The Kier molecular flexibility index (Phi) is 3.68. The van der Waals surface area contributed by atoms with Gasteiger partial charge in [-0.15, -0.1) is 0 Å². The Labute approximate surface area is 134 Å². The lowest BCUT2D eigenvalue weighted by molar-refractivity contribution is -0.120. The second kappa shape index (κ2) is 5.54. The van der Waals surface area contributed by atoms with Crippen LogP contribution in [0.1, 0.15) is 25.0 Å². The first-order valence-corrected chi connectivity index (χ1v) is 7.53.